The molecular weight excluding hydrogens is 488 g/mol. The van der Waals surface area contributed by atoms with Crippen molar-refractivity contribution in [3.05, 3.63) is 96.4 Å². The Bertz CT molecular complexity index is 1760. The highest BCUT2D eigenvalue weighted by Gasteiger charge is 2.20. The maximum Gasteiger partial charge on any atom is 0.439 e. The highest BCUT2D eigenvalue weighted by Crippen LogP contribution is 2.30. The summed E-state index contributed by atoms with van der Waals surface area (Å²) in [6.07, 6.45) is 0.803. The van der Waals surface area contributed by atoms with Crippen LogP contribution >= 0.6 is 11.3 Å². The monoisotopic (exact) mass is 516 g/mol. The van der Waals surface area contributed by atoms with Crippen LogP contribution in [-0.4, -0.2) is 19.3 Å². The summed E-state index contributed by atoms with van der Waals surface area (Å²) < 4.78 is 7.77. The van der Waals surface area contributed by atoms with Gasteiger partial charge in [-0.05, 0) is 34.6 Å². The zero-order chi connectivity index (χ0) is 26.3. The van der Waals surface area contributed by atoms with E-state index in [4.69, 9.17) is 0 Å². The molecular formula is C28H28N4O4S. The van der Waals surface area contributed by atoms with Crippen molar-refractivity contribution >= 4 is 21.6 Å². The first-order chi connectivity index (χ1) is 17.6. The van der Waals surface area contributed by atoms with E-state index in [-0.39, 0.29) is 16.7 Å². The minimum absolute atomic E-state index is 0.221. The summed E-state index contributed by atoms with van der Waals surface area (Å²) in [5.41, 5.74) is 2.78. The first kappa shape index (κ1) is 24.7. The molecule has 190 valence electrons. The summed E-state index contributed by atoms with van der Waals surface area (Å²) in [7, 11) is 0. The SMILES string of the molecule is CCc1cc2c(=O)n(CC(C)(C)C)c(=O)n(Cc3ccc(-c4ccccc4-c4noc(=O)[nH]4)cc3)c2s1. The summed E-state index contributed by atoms with van der Waals surface area (Å²) in [5.74, 6) is -0.242. The van der Waals surface area contributed by atoms with Crippen LogP contribution < -0.4 is 17.0 Å². The Morgan fingerprint density at radius 3 is 2.30 bits per heavy atom. The summed E-state index contributed by atoms with van der Waals surface area (Å²) in [6, 6.07) is 17.4. The van der Waals surface area contributed by atoms with E-state index in [1.807, 2.05) is 82.3 Å². The molecule has 5 rings (SSSR count). The van der Waals surface area contributed by atoms with Gasteiger partial charge in [-0.3, -0.25) is 23.4 Å². The average molecular weight is 517 g/mol. The number of nitrogens with zero attached hydrogens (tertiary/aromatic N) is 3. The van der Waals surface area contributed by atoms with E-state index >= 15 is 0 Å². The Labute approximate surface area is 216 Å². The molecule has 0 bridgehead atoms. The lowest BCUT2D eigenvalue weighted by Crippen LogP contribution is -2.42. The molecule has 0 radical (unpaired) electrons. The van der Waals surface area contributed by atoms with Gasteiger partial charge in [-0.15, -0.1) is 11.3 Å². The number of aryl methyl sites for hydroxylation is 1. The number of rotatable bonds is 6. The largest absolute Gasteiger partial charge is 0.439 e. The zero-order valence-corrected chi connectivity index (χ0v) is 22.0. The lowest BCUT2D eigenvalue weighted by molar-refractivity contribution is 0.328. The Morgan fingerprint density at radius 2 is 1.68 bits per heavy atom. The number of benzene rings is 2. The molecule has 0 saturated heterocycles. The number of fused-ring (bicyclic) bond motifs is 1. The van der Waals surface area contributed by atoms with Crippen LogP contribution in [0.5, 0.6) is 0 Å². The summed E-state index contributed by atoms with van der Waals surface area (Å²) in [6.45, 7) is 8.79. The van der Waals surface area contributed by atoms with E-state index in [1.54, 1.807) is 4.57 Å². The number of H-pyrrole nitrogens is 1. The van der Waals surface area contributed by atoms with Gasteiger partial charge in [0.15, 0.2) is 5.82 Å². The van der Waals surface area contributed by atoms with Crippen molar-refractivity contribution in [1.82, 2.24) is 19.3 Å². The summed E-state index contributed by atoms with van der Waals surface area (Å²) >= 11 is 1.50. The number of hydrogen-bond donors (Lipinski definition) is 1. The molecule has 5 aromatic rings. The number of aromatic nitrogens is 4. The van der Waals surface area contributed by atoms with Crippen molar-refractivity contribution < 1.29 is 4.52 Å². The minimum atomic E-state index is -0.607. The van der Waals surface area contributed by atoms with Crippen LogP contribution in [0.2, 0.25) is 0 Å². The highest BCUT2D eigenvalue weighted by atomic mass is 32.1. The van der Waals surface area contributed by atoms with Gasteiger partial charge in [0.05, 0.1) is 11.9 Å². The normalized spacial score (nSPS) is 11.9. The standard InChI is InChI=1S/C28H28N4O4S/c1-5-19-14-22-24(33)32(16-28(2,3)4)27(35)31(25(22)37-19)15-17-10-12-18(13-11-17)20-8-6-7-9-21(20)23-29-26(34)36-30-23/h6-14H,5,15-16H2,1-4H3,(H,29,30,34). The topological polar surface area (TPSA) is 103 Å². The molecule has 8 nitrogen and oxygen atoms in total. The molecule has 9 heteroatoms. The third kappa shape index (κ3) is 4.86. The fraction of sp³-hybridized carbons (Fsp3) is 0.286. The van der Waals surface area contributed by atoms with E-state index in [0.717, 1.165) is 33.6 Å². The predicted octanol–water partition coefficient (Wildman–Crippen LogP) is 4.89. The van der Waals surface area contributed by atoms with E-state index in [2.05, 4.69) is 14.7 Å². The van der Waals surface area contributed by atoms with Gasteiger partial charge in [0.2, 0.25) is 0 Å². The summed E-state index contributed by atoms with van der Waals surface area (Å²) in [4.78, 5) is 42.6. The Balaban J connectivity index is 1.56. The maximum atomic E-state index is 13.6. The maximum absolute atomic E-state index is 13.6. The Hall–Kier alpha value is -3.98. The molecule has 1 N–H and O–H groups in total. The lowest BCUT2D eigenvalue weighted by atomic mass is 9.97. The average Bonchev–Trinajstić information content (AvgIpc) is 3.51. The van der Waals surface area contributed by atoms with Crippen LogP contribution in [0.1, 0.15) is 38.1 Å². The van der Waals surface area contributed by atoms with Crippen molar-refractivity contribution in [2.75, 3.05) is 0 Å². The zero-order valence-electron chi connectivity index (χ0n) is 21.2. The van der Waals surface area contributed by atoms with E-state index < -0.39 is 5.76 Å². The van der Waals surface area contributed by atoms with Crippen molar-refractivity contribution in [2.24, 2.45) is 5.41 Å². The molecule has 0 aliphatic carbocycles. The van der Waals surface area contributed by atoms with Crippen molar-refractivity contribution in [3.8, 4) is 22.5 Å². The molecule has 2 aromatic carbocycles. The van der Waals surface area contributed by atoms with Gasteiger partial charge < -0.3 is 0 Å². The van der Waals surface area contributed by atoms with Gasteiger partial charge in [-0.1, -0.05) is 81.4 Å². The number of thiophene rings is 1. The van der Waals surface area contributed by atoms with Crippen molar-refractivity contribution in [3.63, 3.8) is 0 Å². The Kier molecular flexibility index (Phi) is 6.33. The number of aromatic amines is 1. The fourth-order valence-electron chi connectivity index (χ4n) is 4.44. The van der Waals surface area contributed by atoms with Gasteiger partial charge in [-0.25, -0.2) is 9.59 Å². The summed E-state index contributed by atoms with van der Waals surface area (Å²) in [5, 5.41) is 4.42. The molecule has 37 heavy (non-hydrogen) atoms. The molecule has 0 aliphatic heterocycles. The first-order valence-corrected chi connectivity index (χ1v) is 13.0. The quantitative estimate of drug-likeness (QED) is 0.346. The molecule has 3 heterocycles. The van der Waals surface area contributed by atoms with Crippen LogP contribution in [-0.2, 0) is 19.5 Å². The molecule has 0 aliphatic rings. The minimum Gasteiger partial charge on any atom is -0.296 e. The highest BCUT2D eigenvalue weighted by molar-refractivity contribution is 7.18. The van der Waals surface area contributed by atoms with Crippen LogP contribution in [0.4, 0.5) is 0 Å². The molecule has 0 unspecified atom stereocenters. The number of hydrogen-bond acceptors (Lipinski definition) is 6. The van der Waals surface area contributed by atoms with Gasteiger partial charge >= 0.3 is 11.4 Å². The van der Waals surface area contributed by atoms with Gasteiger partial charge in [-0.2, -0.15) is 0 Å². The van der Waals surface area contributed by atoms with Crippen LogP contribution in [0.25, 0.3) is 32.7 Å². The molecule has 0 atom stereocenters. The molecule has 0 spiro atoms. The van der Waals surface area contributed by atoms with Gasteiger partial charge in [0.25, 0.3) is 5.56 Å². The second-order valence-corrected chi connectivity index (χ2v) is 11.4. The second kappa shape index (κ2) is 9.48. The molecule has 0 amide bonds. The number of nitrogens with one attached hydrogen (secondary N) is 1. The van der Waals surface area contributed by atoms with Crippen LogP contribution in [0.15, 0.2) is 73.5 Å². The van der Waals surface area contributed by atoms with Crippen LogP contribution in [0, 0.1) is 5.41 Å². The fourth-order valence-corrected chi connectivity index (χ4v) is 5.52. The van der Waals surface area contributed by atoms with Crippen molar-refractivity contribution in [2.45, 2.75) is 47.2 Å². The lowest BCUT2D eigenvalue weighted by Gasteiger charge is -2.20. The molecule has 0 fully saturated rings. The first-order valence-electron chi connectivity index (χ1n) is 12.2. The Morgan fingerprint density at radius 1 is 0.973 bits per heavy atom. The molecule has 0 saturated carbocycles. The smallest absolute Gasteiger partial charge is 0.296 e. The predicted molar refractivity (Wildman–Crippen MR) is 146 cm³/mol. The van der Waals surface area contributed by atoms with Crippen LogP contribution in [0.3, 0.4) is 0 Å². The van der Waals surface area contributed by atoms with Gasteiger partial charge in [0.1, 0.15) is 4.83 Å². The third-order valence-corrected chi connectivity index (χ3v) is 7.46. The molecule has 3 aromatic heterocycles. The second-order valence-electron chi connectivity index (χ2n) is 10.3. The van der Waals surface area contributed by atoms with E-state index in [1.165, 1.54) is 15.9 Å². The third-order valence-electron chi connectivity index (χ3n) is 6.16. The van der Waals surface area contributed by atoms with Gasteiger partial charge in [0, 0.05) is 17.0 Å². The van der Waals surface area contributed by atoms with E-state index in [9.17, 15) is 14.4 Å². The van der Waals surface area contributed by atoms with Crippen molar-refractivity contribution in [1.29, 1.82) is 0 Å². The van der Waals surface area contributed by atoms with E-state index in [0.29, 0.717) is 29.1 Å².